The molecule has 9 nitrogen and oxygen atoms in total. The van der Waals surface area contributed by atoms with E-state index in [1.54, 1.807) is 48.7 Å². The fraction of sp³-hybridized carbons (Fsp3) is 0.346. The van der Waals surface area contributed by atoms with Crippen LogP contribution in [0, 0.1) is 0 Å². The van der Waals surface area contributed by atoms with E-state index in [4.69, 9.17) is 4.74 Å². The summed E-state index contributed by atoms with van der Waals surface area (Å²) in [7, 11) is -3.38. The Hall–Kier alpha value is -3.34. The predicted octanol–water partition coefficient (Wildman–Crippen LogP) is 2.89. The number of carbonyl (C=O) groups excluding carboxylic acids is 1. The van der Waals surface area contributed by atoms with E-state index < -0.39 is 15.1 Å². The van der Waals surface area contributed by atoms with Crippen molar-refractivity contribution in [1.29, 1.82) is 0 Å². The minimum atomic E-state index is -3.38. The quantitative estimate of drug-likeness (QED) is 0.524. The van der Waals surface area contributed by atoms with Crippen molar-refractivity contribution in [1.82, 2.24) is 20.2 Å². The highest BCUT2D eigenvalue weighted by Crippen LogP contribution is 2.26. The van der Waals surface area contributed by atoms with Crippen LogP contribution in [0.4, 0.5) is 11.6 Å². The number of anilines is 2. The number of hydrogen-bond acceptors (Lipinski definition) is 8. The van der Waals surface area contributed by atoms with Crippen LogP contribution in [0.1, 0.15) is 23.2 Å². The average molecular weight is 508 g/mol. The molecule has 0 unspecified atom stereocenters. The van der Waals surface area contributed by atoms with Crippen LogP contribution in [-0.4, -0.2) is 73.8 Å². The van der Waals surface area contributed by atoms with Crippen molar-refractivity contribution >= 4 is 27.4 Å². The van der Waals surface area contributed by atoms with Gasteiger partial charge in [-0.1, -0.05) is 12.1 Å². The molecular formula is C26H29N5O4S. The standard InChI is InChI=1S/C26H29N5O4S/c32-25(31-15-13-27-14-16-31)20-1-5-21(6-2-20)29-26-28-12-9-24(30-26)19-3-7-22(8-4-19)36(33,34)23-10-17-35-18-11-23/h1-9,12,23,27H,10-11,13-18H2,(H,28,29,30). The third-order valence-corrected chi connectivity index (χ3v) is 8.81. The van der Waals surface area contributed by atoms with Gasteiger partial charge >= 0.3 is 0 Å². The number of hydrogen-bond donors (Lipinski definition) is 2. The number of aromatic nitrogens is 2. The van der Waals surface area contributed by atoms with Gasteiger partial charge in [0.15, 0.2) is 9.84 Å². The molecule has 10 heteroatoms. The summed E-state index contributed by atoms with van der Waals surface area (Å²) in [5.74, 6) is 0.441. The molecule has 188 valence electrons. The Kier molecular flexibility index (Phi) is 7.26. The van der Waals surface area contributed by atoms with E-state index in [0.717, 1.165) is 24.3 Å². The predicted molar refractivity (Wildman–Crippen MR) is 137 cm³/mol. The van der Waals surface area contributed by atoms with Crippen molar-refractivity contribution in [2.24, 2.45) is 0 Å². The Morgan fingerprint density at radius 1 is 0.972 bits per heavy atom. The minimum absolute atomic E-state index is 0.0311. The van der Waals surface area contributed by atoms with Crippen molar-refractivity contribution in [2.45, 2.75) is 23.0 Å². The number of amides is 1. The van der Waals surface area contributed by atoms with Gasteiger partial charge in [-0.2, -0.15) is 0 Å². The summed E-state index contributed by atoms with van der Waals surface area (Å²) in [6.07, 6.45) is 2.70. The molecule has 0 saturated carbocycles. The molecule has 0 aliphatic carbocycles. The van der Waals surface area contributed by atoms with Crippen LogP contribution in [0.15, 0.2) is 65.7 Å². The highest BCUT2D eigenvalue weighted by atomic mass is 32.2. The second-order valence-electron chi connectivity index (χ2n) is 8.89. The third-order valence-electron chi connectivity index (χ3n) is 6.53. The molecule has 0 spiro atoms. The molecule has 1 amide bonds. The van der Waals surface area contributed by atoms with E-state index in [-0.39, 0.29) is 5.91 Å². The highest BCUT2D eigenvalue weighted by Gasteiger charge is 2.29. The van der Waals surface area contributed by atoms with Gasteiger partial charge in [0.25, 0.3) is 5.91 Å². The monoisotopic (exact) mass is 507 g/mol. The molecule has 2 aromatic carbocycles. The smallest absolute Gasteiger partial charge is 0.253 e. The Bertz CT molecular complexity index is 1300. The van der Waals surface area contributed by atoms with Crippen LogP contribution in [-0.2, 0) is 14.6 Å². The molecule has 3 aromatic rings. The van der Waals surface area contributed by atoms with Gasteiger partial charge in [0, 0.05) is 62.4 Å². The summed E-state index contributed by atoms with van der Waals surface area (Å²) < 4.78 is 31.2. The molecule has 3 heterocycles. The van der Waals surface area contributed by atoms with Crippen molar-refractivity contribution < 1.29 is 17.9 Å². The average Bonchev–Trinajstić information content (AvgIpc) is 2.94. The topological polar surface area (TPSA) is 114 Å². The second kappa shape index (κ2) is 10.7. The largest absolute Gasteiger partial charge is 0.381 e. The molecule has 0 bridgehead atoms. The van der Waals surface area contributed by atoms with Gasteiger partial charge in [-0.05, 0) is 55.3 Å². The number of rotatable bonds is 6. The summed E-state index contributed by atoms with van der Waals surface area (Å²) >= 11 is 0. The molecule has 0 atom stereocenters. The molecule has 2 aliphatic heterocycles. The Balaban J connectivity index is 1.27. The van der Waals surface area contributed by atoms with Crippen LogP contribution in [0.25, 0.3) is 11.3 Å². The maximum Gasteiger partial charge on any atom is 0.253 e. The number of benzene rings is 2. The van der Waals surface area contributed by atoms with Gasteiger partial charge in [0.1, 0.15) is 0 Å². The normalized spacial score (nSPS) is 17.1. The minimum Gasteiger partial charge on any atom is -0.381 e. The van der Waals surface area contributed by atoms with E-state index in [1.807, 2.05) is 17.0 Å². The fourth-order valence-electron chi connectivity index (χ4n) is 4.45. The SMILES string of the molecule is O=C(c1ccc(Nc2nccc(-c3ccc(S(=O)(=O)C4CCOCC4)cc3)n2)cc1)N1CCNCC1. The lowest BCUT2D eigenvalue weighted by Crippen LogP contribution is -2.46. The van der Waals surface area contributed by atoms with Gasteiger partial charge in [-0.3, -0.25) is 4.79 Å². The first-order valence-electron chi connectivity index (χ1n) is 12.1. The summed E-state index contributed by atoms with van der Waals surface area (Å²) in [5.41, 5.74) is 2.88. The molecule has 5 rings (SSSR count). The van der Waals surface area contributed by atoms with Crippen LogP contribution < -0.4 is 10.6 Å². The summed E-state index contributed by atoms with van der Waals surface area (Å²) in [6, 6.07) is 15.9. The lowest BCUT2D eigenvalue weighted by molar-refractivity contribution is 0.0736. The van der Waals surface area contributed by atoms with Crippen molar-refractivity contribution in [2.75, 3.05) is 44.7 Å². The molecular weight excluding hydrogens is 478 g/mol. The van der Waals surface area contributed by atoms with Crippen molar-refractivity contribution in [3.8, 4) is 11.3 Å². The van der Waals surface area contributed by atoms with E-state index >= 15 is 0 Å². The first-order valence-corrected chi connectivity index (χ1v) is 13.7. The lowest BCUT2D eigenvalue weighted by Gasteiger charge is -2.27. The summed E-state index contributed by atoms with van der Waals surface area (Å²) in [6.45, 7) is 4.01. The van der Waals surface area contributed by atoms with Gasteiger partial charge in [-0.15, -0.1) is 0 Å². The Morgan fingerprint density at radius 3 is 2.36 bits per heavy atom. The van der Waals surface area contributed by atoms with E-state index in [2.05, 4.69) is 20.6 Å². The van der Waals surface area contributed by atoms with E-state index in [0.29, 0.717) is 61.2 Å². The third kappa shape index (κ3) is 5.40. The number of piperazine rings is 1. The first-order chi connectivity index (χ1) is 17.5. The number of carbonyl (C=O) groups is 1. The van der Waals surface area contributed by atoms with Gasteiger partial charge < -0.3 is 20.3 Å². The van der Waals surface area contributed by atoms with E-state index in [1.165, 1.54) is 0 Å². The van der Waals surface area contributed by atoms with Gasteiger partial charge in [-0.25, -0.2) is 18.4 Å². The summed E-state index contributed by atoms with van der Waals surface area (Å²) in [4.78, 5) is 23.7. The molecule has 2 saturated heterocycles. The highest BCUT2D eigenvalue weighted by molar-refractivity contribution is 7.92. The zero-order valence-corrected chi connectivity index (χ0v) is 20.7. The molecule has 2 fully saturated rings. The van der Waals surface area contributed by atoms with Gasteiger partial charge in [0.05, 0.1) is 15.8 Å². The molecule has 36 heavy (non-hydrogen) atoms. The number of nitrogens with one attached hydrogen (secondary N) is 2. The first kappa shape index (κ1) is 24.4. The van der Waals surface area contributed by atoms with Crippen LogP contribution >= 0.6 is 0 Å². The van der Waals surface area contributed by atoms with Gasteiger partial charge in [0.2, 0.25) is 5.95 Å². The van der Waals surface area contributed by atoms with E-state index in [9.17, 15) is 13.2 Å². The zero-order chi connectivity index (χ0) is 25.0. The molecule has 2 N–H and O–H groups in total. The van der Waals surface area contributed by atoms with Crippen molar-refractivity contribution in [3.05, 3.63) is 66.4 Å². The fourth-order valence-corrected chi connectivity index (χ4v) is 6.16. The zero-order valence-electron chi connectivity index (χ0n) is 19.9. The Labute approximate surface area is 210 Å². The molecule has 1 aromatic heterocycles. The number of nitrogens with zero attached hydrogens (tertiary/aromatic N) is 3. The maximum atomic E-state index is 12.9. The maximum absolute atomic E-state index is 12.9. The summed E-state index contributed by atoms with van der Waals surface area (Å²) in [5, 5.41) is 6.02. The Morgan fingerprint density at radius 2 is 1.67 bits per heavy atom. The van der Waals surface area contributed by atoms with Crippen LogP contribution in [0.5, 0.6) is 0 Å². The lowest BCUT2D eigenvalue weighted by atomic mass is 10.1. The molecule has 0 radical (unpaired) electrons. The van der Waals surface area contributed by atoms with Crippen LogP contribution in [0.3, 0.4) is 0 Å². The van der Waals surface area contributed by atoms with Crippen molar-refractivity contribution in [3.63, 3.8) is 0 Å². The number of ether oxygens (including phenoxy) is 1. The number of sulfone groups is 1. The molecule has 2 aliphatic rings. The second-order valence-corrected chi connectivity index (χ2v) is 11.1. The van der Waals surface area contributed by atoms with Crippen LogP contribution in [0.2, 0.25) is 0 Å².